The lowest BCUT2D eigenvalue weighted by Gasteiger charge is -2.08. The van der Waals surface area contributed by atoms with E-state index in [2.05, 4.69) is 0 Å². The van der Waals surface area contributed by atoms with Gasteiger partial charge in [0.1, 0.15) is 0 Å². The van der Waals surface area contributed by atoms with E-state index in [9.17, 15) is 4.79 Å². The summed E-state index contributed by atoms with van der Waals surface area (Å²) < 4.78 is 0. The van der Waals surface area contributed by atoms with Gasteiger partial charge in [0.05, 0.1) is 5.54 Å². The molecule has 2 N–H and O–H groups in total. The Bertz CT molecular complexity index is 371. The molecule has 0 aliphatic heterocycles. The molecule has 0 spiro atoms. The smallest absolute Gasteiger partial charge is 0.157 e. The molecular weight excluding hydrogens is 198 g/mol. The molecule has 0 unspecified atom stereocenters. The lowest BCUT2D eigenvalue weighted by Crippen LogP contribution is -2.34. The number of hydrogen-bond donors (Lipinski definition) is 1. The third-order valence-electron chi connectivity index (χ3n) is 2.65. The van der Waals surface area contributed by atoms with E-state index < -0.39 is 5.54 Å². The van der Waals surface area contributed by atoms with Crippen LogP contribution in [0, 0.1) is 0 Å². The van der Waals surface area contributed by atoms with E-state index in [0.717, 1.165) is 18.4 Å². The van der Waals surface area contributed by atoms with Crippen molar-refractivity contribution in [3.05, 3.63) is 34.9 Å². The van der Waals surface area contributed by atoms with Crippen molar-refractivity contribution in [2.24, 2.45) is 5.73 Å². The fraction of sp³-hybridized carbons (Fsp3) is 0.364. The second kappa shape index (κ2) is 3.37. The molecule has 3 heteroatoms. The molecule has 1 aliphatic rings. The van der Waals surface area contributed by atoms with Gasteiger partial charge in [0.25, 0.3) is 0 Å². The van der Waals surface area contributed by atoms with E-state index in [1.165, 1.54) is 0 Å². The molecule has 0 amide bonds. The number of hydrogen-bond acceptors (Lipinski definition) is 2. The first-order valence-electron chi connectivity index (χ1n) is 4.67. The van der Waals surface area contributed by atoms with Crippen LogP contribution in [0.5, 0.6) is 0 Å². The molecule has 1 saturated carbocycles. The van der Waals surface area contributed by atoms with Gasteiger partial charge in [-0.05, 0) is 24.5 Å². The Morgan fingerprint density at radius 3 is 2.64 bits per heavy atom. The number of carbonyl (C=O) groups excluding carboxylic acids is 1. The van der Waals surface area contributed by atoms with Crippen molar-refractivity contribution in [3.8, 4) is 0 Å². The van der Waals surface area contributed by atoms with E-state index in [1.807, 2.05) is 18.2 Å². The first kappa shape index (κ1) is 9.69. The molecule has 0 heterocycles. The zero-order valence-electron chi connectivity index (χ0n) is 7.79. The predicted octanol–water partition coefficient (Wildman–Crippen LogP) is 1.94. The van der Waals surface area contributed by atoms with E-state index in [4.69, 9.17) is 17.3 Å². The third-order valence-corrected chi connectivity index (χ3v) is 3.02. The van der Waals surface area contributed by atoms with Crippen LogP contribution in [-0.4, -0.2) is 11.3 Å². The Balaban J connectivity index is 2.11. The molecule has 0 atom stereocenters. The normalized spacial score (nSPS) is 17.9. The Kier molecular flexibility index (Phi) is 2.33. The minimum atomic E-state index is -0.542. The predicted molar refractivity (Wildman–Crippen MR) is 56.3 cm³/mol. The Hall–Kier alpha value is -0.860. The number of Topliss-reactive ketones (excluding diaryl/α,β-unsaturated/α-hetero) is 1. The van der Waals surface area contributed by atoms with Gasteiger partial charge >= 0.3 is 0 Å². The van der Waals surface area contributed by atoms with Crippen LogP contribution in [0.1, 0.15) is 18.4 Å². The fourth-order valence-corrected chi connectivity index (χ4v) is 1.61. The summed E-state index contributed by atoms with van der Waals surface area (Å²) in [4.78, 5) is 11.7. The van der Waals surface area contributed by atoms with Crippen LogP contribution in [0.3, 0.4) is 0 Å². The van der Waals surface area contributed by atoms with E-state index >= 15 is 0 Å². The van der Waals surface area contributed by atoms with Crippen molar-refractivity contribution in [1.82, 2.24) is 0 Å². The summed E-state index contributed by atoms with van der Waals surface area (Å²) in [5, 5.41) is 0.644. The largest absolute Gasteiger partial charge is 0.319 e. The minimum Gasteiger partial charge on any atom is -0.319 e. The van der Waals surface area contributed by atoms with Gasteiger partial charge < -0.3 is 5.73 Å². The highest BCUT2D eigenvalue weighted by atomic mass is 35.5. The van der Waals surface area contributed by atoms with Crippen LogP contribution < -0.4 is 5.73 Å². The van der Waals surface area contributed by atoms with Gasteiger partial charge in [-0.1, -0.05) is 29.8 Å². The fourth-order valence-electron chi connectivity index (χ4n) is 1.40. The van der Waals surface area contributed by atoms with Gasteiger partial charge in [-0.15, -0.1) is 0 Å². The molecule has 1 aromatic rings. The molecule has 1 aliphatic carbocycles. The Morgan fingerprint density at radius 1 is 1.43 bits per heavy atom. The topological polar surface area (TPSA) is 43.1 Å². The maximum absolute atomic E-state index is 11.7. The van der Waals surface area contributed by atoms with E-state index in [1.54, 1.807) is 6.07 Å². The average molecular weight is 210 g/mol. The molecule has 0 saturated heterocycles. The maximum Gasteiger partial charge on any atom is 0.157 e. The molecule has 14 heavy (non-hydrogen) atoms. The molecule has 74 valence electrons. The number of nitrogens with two attached hydrogens (primary N) is 1. The van der Waals surface area contributed by atoms with Crippen molar-refractivity contribution in [2.75, 3.05) is 0 Å². The highest BCUT2D eigenvalue weighted by molar-refractivity contribution is 6.31. The first-order valence-corrected chi connectivity index (χ1v) is 5.05. The SMILES string of the molecule is NC1(C(=O)Cc2ccccc2Cl)CC1. The Morgan fingerprint density at radius 2 is 2.07 bits per heavy atom. The van der Waals surface area contributed by atoms with Crippen molar-refractivity contribution < 1.29 is 4.79 Å². The lowest BCUT2D eigenvalue weighted by atomic mass is 10.0. The van der Waals surface area contributed by atoms with Crippen molar-refractivity contribution in [2.45, 2.75) is 24.8 Å². The number of ketones is 1. The standard InChI is InChI=1S/C11H12ClNO/c12-9-4-2-1-3-8(9)7-10(14)11(13)5-6-11/h1-4H,5-7,13H2. The minimum absolute atomic E-state index is 0.102. The van der Waals surface area contributed by atoms with Crippen LogP contribution in [-0.2, 0) is 11.2 Å². The second-order valence-electron chi connectivity index (χ2n) is 3.85. The van der Waals surface area contributed by atoms with Crippen LogP contribution in [0.4, 0.5) is 0 Å². The summed E-state index contributed by atoms with van der Waals surface area (Å²) in [6.07, 6.45) is 1.99. The van der Waals surface area contributed by atoms with Gasteiger partial charge in [-0.2, -0.15) is 0 Å². The van der Waals surface area contributed by atoms with Crippen LogP contribution in [0.25, 0.3) is 0 Å². The quantitative estimate of drug-likeness (QED) is 0.827. The van der Waals surface area contributed by atoms with Gasteiger partial charge in [0.2, 0.25) is 0 Å². The number of carbonyl (C=O) groups is 1. The highest BCUT2D eigenvalue weighted by Crippen LogP contribution is 2.34. The summed E-state index contributed by atoms with van der Waals surface area (Å²) in [7, 11) is 0. The summed E-state index contributed by atoms with van der Waals surface area (Å²) in [5.74, 6) is 0.102. The van der Waals surface area contributed by atoms with Crippen LogP contribution >= 0.6 is 11.6 Å². The monoisotopic (exact) mass is 209 g/mol. The zero-order chi connectivity index (χ0) is 10.2. The van der Waals surface area contributed by atoms with E-state index in [0.29, 0.717) is 11.4 Å². The first-order chi connectivity index (χ1) is 6.62. The molecule has 0 bridgehead atoms. The number of benzene rings is 1. The molecule has 0 aromatic heterocycles. The van der Waals surface area contributed by atoms with Gasteiger partial charge in [-0.3, -0.25) is 4.79 Å². The van der Waals surface area contributed by atoms with Crippen molar-refractivity contribution in [1.29, 1.82) is 0 Å². The molecule has 0 radical (unpaired) electrons. The number of rotatable bonds is 3. The Labute approximate surface area is 88.1 Å². The summed E-state index contributed by atoms with van der Waals surface area (Å²) in [6.45, 7) is 0. The molecule has 1 fully saturated rings. The van der Waals surface area contributed by atoms with Gasteiger partial charge in [0, 0.05) is 11.4 Å². The average Bonchev–Trinajstić information content (AvgIpc) is 2.89. The molecule has 2 rings (SSSR count). The van der Waals surface area contributed by atoms with Crippen molar-refractivity contribution in [3.63, 3.8) is 0 Å². The zero-order valence-corrected chi connectivity index (χ0v) is 8.55. The second-order valence-corrected chi connectivity index (χ2v) is 4.25. The lowest BCUT2D eigenvalue weighted by molar-refractivity contribution is -0.120. The molecular formula is C11H12ClNO. The molecule has 1 aromatic carbocycles. The summed E-state index contributed by atoms with van der Waals surface area (Å²) in [6, 6.07) is 7.39. The van der Waals surface area contributed by atoms with Gasteiger partial charge in [0.15, 0.2) is 5.78 Å². The van der Waals surface area contributed by atoms with Crippen LogP contribution in [0.2, 0.25) is 5.02 Å². The third kappa shape index (κ3) is 1.81. The van der Waals surface area contributed by atoms with E-state index in [-0.39, 0.29) is 5.78 Å². The highest BCUT2D eigenvalue weighted by Gasteiger charge is 2.45. The number of halogens is 1. The summed E-state index contributed by atoms with van der Waals surface area (Å²) >= 11 is 5.95. The van der Waals surface area contributed by atoms with Crippen LogP contribution in [0.15, 0.2) is 24.3 Å². The summed E-state index contributed by atoms with van der Waals surface area (Å²) in [5.41, 5.74) is 6.12. The van der Waals surface area contributed by atoms with Gasteiger partial charge in [-0.25, -0.2) is 0 Å². The van der Waals surface area contributed by atoms with Crippen molar-refractivity contribution >= 4 is 17.4 Å². The maximum atomic E-state index is 11.7. The molecule has 2 nitrogen and oxygen atoms in total.